The molecule has 0 saturated heterocycles. The van der Waals surface area contributed by atoms with Crippen molar-refractivity contribution in [1.29, 1.82) is 0 Å². The molecule has 0 amide bonds. The molecule has 0 bridgehead atoms. The minimum absolute atomic E-state index is 0.0546. The van der Waals surface area contributed by atoms with Crippen LogP contribution in [0.2, 0.25) is 10.0 Å². The molecule has 4 nitrogen and oxygen atoms in total. The van der Waals surface area contributed by atoms with Crippen LogP contribution in [0, 0.1) is 0 Å². The van der Waals surface area contributed by atoms with Gasteiger partial charge < -0.3 is 9.84 Å². The van der Waals surface area contributed by atoms with E-state index in [1.165, 1.54) is 0 Å². The third-order valence-corrected chi connectivity index (χ3v) is 4.16. The number of halogens is 2. The van der Waals surface area contributed by atoms with E-state index in [9.17, 15) is 14.7 Å². The molecule has 0 saturated carbocycles. The average Bonchev–Trinajstić information content (AvgIpc) is 2.58. The second kappa shape index (κ2) is 8.70. The van der Waals surface area contributed by atoms with Gasteiger partial charge in [0.1, 0.15) is 0 Å². The van der Waals surface area contributed by atoms with Crippen molar-refractivity contribution in [2.24, 2.45) is 0 Å². The van der Waals surface area contributed by atoms with Crippen molar-refractivity contribution < 1.29 is 19.4 Å². The Morgan fingerprint density at radius 3 is 2.24 bits per heavy atom. The van der Waals surface area contributed by atoms with E-state index in [4.69, 9.17) is 27.9 Å². The van der Waals surface area contributed by atoms with E-state index in [1.807, 2.05) is 6.07 Å². The van der Waals surface area contributed by atoms with Crippen LogP contribution in [0.5, 0.6) is 0 Å². The number of carboxylic acids is 1. The quantitative estimate of drug-likeness (QED) is 0.577. The molecule has 25 heavy (non-hydrogen) atoms. The van der Waals surface area contributed by atoms with Crippen LogP contribution in [0.4, 0.5) is 0 Å². The number of benzene rings is 2. The topological polar surface area (TPSA) is 63.6 Å². The van der Waals surface area contributed by atoms with Gasteiger partial charge in [0.25, 0.3) is 0 Å². The number of esters is 1. The van der Waals surface area contributed by atoms with Gasteiger partial charge in [-0.2, -0.15) is 0 Å². The highest BCUT2D eigenvalue weighted by atomic mass is 35.5. The van der Waals surface area contributed by atoms with Gasteiger partial charge in [0.05, 0.1) is 28.6 Å². The minimum Gasteiger partial charge on any atom is -0.481 e. The molecule has 0 aliphatic carbocycles. The third-order valence-electron chi connectivity index (χ3n) is 3.42. The number of hydrogen-bond acceptors (Lipinski definition) is 3. The van der Waals surface area contributed by atoms with Crippen molar-refractivity contribution in [3.63, 3.8) is 0 Å². The fourth-order valence-corrected chi connectivity index (χ4v) is 2.70. The predicted octanol–water partition coefficient (Wildman–Crippen LogP) is 4.83. The lowest BCUT2D eigenvalue weighted by Crippen LogP contribution is -2.14. The van der Waals surface area contributed by atoms with Crippen LogP contribution >= 0.6 is 23.2 Å². The Balaban J connectivity index is 2.75. The summed E-state index contributed by atoms with van der Waals surface area (Å²) in [5.74, 6) is -1.80. The Labute approximate surface area is 155 Å². The summed E-state index contributed by atoms with van der Waals surface area (Å²) in [7, 11) is 0. The highest BCUT2D eigenvalue weighted by Gasteiger charge is 2.22. The molecule has 0 heterocycles. The van der Waals surface area contributed by atoms with Gasteiger partial charge in [-0.25, -0.2) is 4.79 Å². The first-order valence-corrected chi connectivity index (χ1v) is 8.32. The molecular weight excluding hydrogens is 363 g/mol. The lowest BCUT2D eigenvalue weighted by atomic mass is 9.91. The summed E-state index contributed by atoms with van der Waals surface area (Å²) in [6.07, 6.45) is -0.469. The van der Waals surface area contributed by atoms with Gasteiger partial charge in [0.15, 0.2) is 0 Å². The van der Waals surface area contributed by atoms with Gasteiger partial charge in [-0.3, -0.25) is 4.79 Å². The molecular formula is C19H16Cl2O4. The third kappa shape index (κ3) is 4.84. The summed E-state index contributed by atoms with van der Waals surface area (Å²) in [5.41, 5.74) is 1.79. The molecule has 0 spiro atoms. The number of rotatable bonds is 6. The normalized spacial score (nSPS) is 11.6. The van der Waals surface area contributed by atoms with Crippen molar-refractivity contribution in [1.82, 2.24) is 0 Å². The highest BCUT2D eigenvalue weighted by Crippen LogP contribution is 2.33. The molecule has 0 unspecified atom stereocenters. The summed E-state index contributed by atoms with van der Waals surface area (Å²) in [4.78, 5) is 23.7. The van der Waals surface area contributed by atoms with E-state index in [2.05, 4.69) is 0 Å². The van der Waals surface area contributed by atoms with Crippen LogP contribution in [0.3, 0.4) is 0 Å². The summed E-state index contributed by atoms with van der Waals surface area (Å²) >= 11 is 12.1. The maximum Gasteiger partial charge on any atom is 0.335 e. The predicted molar refractivity (Wildman–Crippen MR) is 97.8 cm³/mol. The molecule has 0 aliphatic heterocycles. The lowest BCUT2D eigenvalue weighted by Gasteiger charge is -2.15. The maximum atomic E-state index is 12.4. The first-order chi connectivity index (χ1) is 11.9. The smallest absolute Gasteiger partial charge is 0.335 e. The highest BCUT2D eigenvalue weighted by molar-refractivity contribution is 6.42. The first-order valence-electron chi connectivity index (χ1n) is 7.57. The molecule has 2 rings (SSSR count). The van der Waals surface area contributed by atoms with Crippen molar-refractivity contribution in [3.05, 3.63) is 75.3 Å². The Hall–Kier alpha value is -2.30. The molecule has 130 valence electrons. The zero-order chi connectivity index (χ0) is 18.4. The van der Waals surface area contributed by atoms with E-state index in [1.54, 1.807) is 49.4 Å². The molecule has 2 aromatic rings. The zero-order valence-electron chi connectivity index (χ0n) is 13.5. The monoisotopic (exact) mass is 378 g/mol. The zero-order valence-corrected chi connectivity index (χ0v) is 15.0. The van der Waals surface area contributed by atoms with Gasteiger partial charge in [-0.15, -0.1) is 0 Å². The minimum atomic E-state index is -1.13. The number of carbonyl (C=O) groups excluding carboxylic acids is 1. The van der Waals surface area contributed by atoms with E-state index < -0.39 is 18.4 Å². The van der Waals surface area contributed by atoms with E-state index in [-0.39, 0.29) is 12.2 Å². The number of carboxylic acid groups (broad SMARTS) is 1. The van der Waals surface area contributed by atoms with Gasteiger partial charge in [0, 0.05) is 0 Å². The SMILES string of the molecule is CCOC(=O)/C(CC(=O)O)=C(\c1ccccc1)c1ccc(Cl)c(Cl)c1. The summed E-state index contributed by atoms with van der Waals surface area (Å²) in [5, 5.41) is 9.93. The number of aliphatic carboxylic acids is 1. The van der Waals surface area contributed by atoms with E-state index >= 15 is 0 Å². The summed E-state index contributed by atoms with van der Waals surface area (Å²) < 4.78 is 5.06. The largest absolute Gasteiger partial charge is 0.481 e. The van der Waals surface area contributed by atoms with Crippen molar-refractivity contribution in [2.75, 3.05) is 6.61 Å². The second-order valence-electron chi connectivity index (χ2n) is 5.14. The molecule has 1 N–H and O–H groups in total. The molecule has 0 radical (unpaired) electrons. The standard InChI is InChI=1S/C19H16Cl2O4/c1-2-25-19(24)14(11-17(22)23)18(12-6-4-3-5-7-12)13-8-9-15(20)16(21)10-13/h3-10H,2,11H2,1H3,(H,22,23)/b18-14+. The van der Waals surface area contributed by atoms with Crippen molar-refractivity contribution in [3.8, 4) is 0 Å². The van der Waals surface area contributed by atoms with Crippen LogP contribution in [-0.4, -0.2) is 23.7 Å². The fourth-order valence-electron chi connectivity index (χ4n) is 2.40. The molecule has 0 aliphatic rings. The average molecular weight is 379 g/mol. The Bertz CT molecular complexity index is 813. The summed E-state index contributed by atoms with van der Waals surface area (Å²) in [6, 6.07) is 13.9. The number of hydrogen-bond donors (Lipinski definition) is 1. The van der Waals surface area contributed by atoms with Crippen LogP contribution in [-0.2, 0) is 14.3 Å². The van der Waals surface area contributed by atoms with Crippen LogP contribution < -0.4 is 0 Å². The van der Waals surface area contributed by atoms with Crippen LogP contribution in [0.25, 0.3) is 5.57 Å². The van der Waals surface area contributed by atoms with Crippen molar-refractivity contribution in [2.45, 2.75) is 13.3 Å². The molecule has 2 aromatic carbocycles. The second-order valence-corrected chi connectivity index (χ2v) is 5.95. The molecule has 0 fully saturated rings. The number of carbonyl (C=O) groups is 2. The molecule has 0 atom stereocenters. The Kier molecular flexibility index (Phi) is 6.62. The van der Waals surface area contributed by atoms with E-state index in [0.717, 1.165) is 0 Å². The fraction of sp³-hybridized carbons (Fsp3) is 0.158. The van der Waals surface area contributed by atoms with Gasteiger partial charge in [-0.05, 0) is 35.8 Å². The van der Waals surface area contributed by atoms with E-state index in [0.29, 0.717) is 26.7 Å². The first kappa shape index (κ1) is 19.0. The molecule has 0 aromatic heterocycles. The maximum absolute atomic E-state index is 12.4. The number of ether oxygens (including phenoxy) is 1. The lowest BCUT2D eigenvalue weighted by molar-refractivity contribution is -0.142. The Morgan fingerprint density at radius 2 is 1.68 bits per heavy atom. The van der Waals surface area contributed by atoms with Crippen molar-refractivity contribution >= 4 is 40.7 Å². The Morgan fingerprint density at radius 1 is 1.00 bits per heavy atom. The van der Waals surface area contributed by atoms with Crippen LogP contribution in [0.1, 0.15) is 24.5 Å². The van der Waals surface area contributed by atoms with Crippen LogP contribution in [0.15, 0.2) is 54.1 Å². The van der Waals surface area contributed by atoms with Gasteiger partial charge >= 0.3 is 11.9 Å². The molecule has 6 heteroatoms. The summed E-state index contributed by atoms with van der Waals surface area (Å²) in [6.45, 7) is 1.81. The van der Waals surface area contributed by atoms with Gasteiger partial charge in [-0.1, -0.05) is 59.6 Å². The van der Waals surface area contributed by atoms with Gasteiger partial charge in [0.2, 0.25) is 0 Å².